The summed E-state index contributed by atoms with van der Waals surface area (Å²) in [5.74, 6) is 0.881. The van der Waals surface area contributed by atoms with E-state index >= 15 is 0 Å². The van der Waals surface area contributed by atoms with Gasteiger partial charge in [0.15, 0.2) is 0 Å². The monoisotopic (exact) mass is 360 g/mol. The Morgan fingerprint density at radius 2 is 2.00 bits per heavy atom. The molecule has 0 saturated carbocycles. The number of aryl methyl sites for hydroxylation is 2. The molecule has 2 aromatic heterocycles. The van der Waals surface area contributed by atoms with Crippen LogP contribution in [0, 0.1) is 6.92 Å². The molecule has 0 aliphatic rings. The van der Waals surface area contributed by atoms with Gasteiger partial charge in [0.25, 0.3) is 0 Å². The fraction of sp³-hybridized carbons (Fsp3) is 0.190. The SMILES string of the molecule is CCc1cccc(NC(=O)Cn2cc(-c3nnc(C)o3)c3ccccc32)c1. The number of carbonyl (C=O) groups is 1. The number of hydrogen-bond donors (Lipinski definition) is 1. The van der Waals surface area contributed by atoms with Gasteiger partial charge in [0.1, 0.15) is 6.54 Å². The predicted molar refractivity (Wildman–Crippen MR) is 104 cm³/mol. The third-order valence-electron chi connectivity index (χ3n) is 4.48. The molecule has 6 nitrogen and oxygen atoms in total. The van der Waals surface area contributed by atoms with Crippen molar-refractivity contribution in [2.24, 2.45) is 0 Å². The van der Waals surface area contributed by atoms with Crippen LogP contribution in [0.4, 0.5) is 5.69 Å². The number of nitrogens with one attached hydrogen (secondary N) is 1. The van der Waals surface area contributed by atoms with E-state index < -0.39 is 0 Å². The predicted octanol–water partition coefficient (Wildman–Crippen LogP) is 4.20. The number of nitrogens with zero attached hydrogens (tertiary/aromatic N) is 3. The van der Waals surface area contributed by atoms with E-state index in [2.05, 4.69) is 22.4 Å². The minimum absolute atomic E-state index is 0.0859. The second-order valence-electron chi connectivity index (χ2n) is 6.42. The van der Waals surface area contributed by atoms with Crippen molar-refractivity contribution < 1.29 is 9.21 Å². The number of para-hydroxylation sites is 1. The van der Waals surface area contributed by atoms with E-state index in [1.807, 2.05) is 59.3 Å². The molecule has 0 aliphatic heterocycles. The summed E-state index contributed by atoms with van der Waals surface area (Å²) in [6.07, 6.45) is 2.82. The average molecular weight is 360 g/mol. The molecule has 6 heteroatoms. The number of benzene rings is 2. The number of fused-ring (bicyclic) bond motifs is 1. The molecule has 2 aromatic carbocycles. The highest BCUT2D eigenvalue weighted by Gasteiger charge is 2.16. The van der Waals surface area contributed by atoms with E-state index in [1.54, 1.807) is 6.92 Å². The first-order valence-electron chi connectivity index (χ1n) is 8.91. The first kappa shape index (κ1) is 17.0. The van der Waals surface area contributed by atoms with E-state index in [1.165, 1.54) is 5.56 Å². The Bertz CT molecular complexity index is 1110. The second kappa shape index (κ2) is 7.07. The van der Waals surface area contributed by atoms with Crippen LogP contribution < -0.4 is 5.32 Å². The minimum Gasteiger partial charge on any atom is -0.421 e. The molecule has 136 valence electrons. The lowest BCUT2D eigenvalue weighted by Crippen LogP contribution is -2.18. The Labute approximate surface area is 156 Å². The maximum Gasteiger partial charge on any atom is 0.249 e. The second-order valence-corrected chi connectivity index (χ2v) is 6.42. The summed E-state index contributed by atoms with van der Waals surface area (Å²) in [7, 11) is 0. The summed E-state index contributed by atoms with van der Waals surface area (Å²) in [6.45, 7) is 4.05. The van der Waals surface area contributed by atoms with Crippen LogP contribution >= 0.6 is 0 Å². The number of carbonyl (C=O) groups excluding carboxylic acids is 1. The lowest BCUT2D eigenvalue weighted by atomic mass is 10.1. The lowest BCUT2D eigenvalue weighted by Gasteiger charge is -2.08. The third kappa shape index (κ3) is 3.46. The van der Waals surface area contributed by atoms with Gasteiger partial charge in [0, 0.05) is 29.7 Å². The molecule has 0 spiro atoms. The molecule has 1 N–H and O–H groups in total. The molecular weight excluding hydrogens is 340 g/mol. The Morgan fingerprint density at radius 3 is 2.78 bits per heavy atom. The minimum atomic E-state index is -0.0859. The molecule has 4 aromatic rings. The smallest absolute Gasteiger partial charge is 0.249 e. The van der Waals surface area contributed by atoms with Crippen molar-refractivity contribution in [2.75, 3.05) is 5.32 Å². The first-order valence-corrected chi connectivity index (χ1v) is 8.91. The van der Waals surface area contributed by atoms with E-state index in [-0.39, 0.29) is 12.5 Å². The van der Waals surface area contributed by atoms with Gasteiger partial charge < -0.3 is 14.3 Å². The Hall–Kier alpha value is -3.41. The van der Waals surface area contributed by atoms with Crippen LogP contribution in [0.1, 0.15) is 18.4 Å². The van der Waals surface area contributed by atoms with Gasteiger partial charge in [-0.05, 0) is 30.2 Å². The molecule has 27 heavy (non-hydrogen) atoms. The average Bonchev–Trinajstić information content (AvgIpc) is 3.26. The summed E-state index contributed by atoms with van der Waals surface area (Å²) in [5.41, 5.74) is 3.77. The summed E-state index contributed by atoms with van der Waals surface area (Å²) < 4.78 is 7.49. The van der Waals surface area contributed by atoms with E-state index in [0.29, 0.717) is 11.8 Å². The molecule has 2 heterocycles. The van der Waals surface area contributed by atoms with Crippen molar-refractivity contribution in [3.8, 4) is 11.5 Å². The Kier molecular flexibility index (Phi) is 4.46. The van der Waals surface area contributed by atoms with Gasteiger partial charge in [0.05, 0.1) is 5.56 Å². The summed E-state index contributed by atoms with van der Waals surface area (Å²) in [4.78, 5) is 12.6. The molecular formula is C21H20N4O2. The van der Waals surface area contributed by atoms with Crippen molar-refractivity contribution in [1.82, 2.24) is 14.8 Å². The van der Waals surface area contributed by atoms with Crippen molar-refractivity contribution in [3.63, 3.8) is 0 Å². The zero-order chi connectivity index (χ0) is 18.8. The molecule has 0 fully saturated rings. The molecule has 0 radical (unpaired) electrons. The van der Waals surface area contributed by atoms with Crippen LogP contribution in [0.2, 0.25) is 0 Å². The van der Waals surface area contributed by atoms with Crippen molar-refractivity contribution in [1.29, 1.82) is 0 Å². The standard InChI is InChI=1S/C21H20N4O2/c1-3-15-7-6-8-16(11-15)22-20(26)13-25-12-18(21-24-23-14(2)27-21)17-9-4-5-10-19(17)25/h4-12H,3,13H2,1-2H3,(H,22,26). The molecule has 0 aliphatic carbocycles. The highest BCUT2D eigenvalue weighted by Crippen LogP contribution is 2.29. The number of aromatic nitrogens is 3. The molecule has 0 atom stereocenters. The maximum atomic E-state index is 12.6. The lowest BCUT2D eigenvalue weighted by molar-refractivity contribution is -0.116. The quantitative estimate of drug-likeness (QED) is 0.579. The van der Waals surface area contributed by atoms with Crippen LogP contribution in [0.3, 0.4) is 0 Å². The molecule has 1 amide bonds. The van der Waals surface area contributed by atoms with E-state index in [4.69, 9.17) is 4.42 Å². The first-order chi connectivity index (χ1) is 13.1. The van der Waals surface area contributed by atoms with Gasteiger partial charge in [0.2, 0.25) is 17.7 Å². The van der Waals surface area contributed by atoms with Crippen molar-refractivity contribution >= 4 is 22.5 Å². The van der Waals surface area contributed by atoms with Gasteiger partial charge >= 0.3 is 0 Å². The topological polar surface area (TPSA) is 73.0 Å². The van der Waals surface area contributed by atoms with Gasteiger partial charge in [-0.25, -0.2) is 0 Å². The molecule has 4 rings (SSSR count). The van der Waals surface area contributed by atoms with E-state index in [0.717, 1.165) is 28.6 Å². The van der Waals surface area contributed by atoms with Gasteiger partial charge in [-0.1, -0.05) is 37.3 Å². The summed E-state index contributed by atoms with van der Waals surface area (Å²) >= 11 is 0. The summed E-state index contributed by atoms with van der Waals surface area (Å²) in [5, 5.41) is 12.0. The zero-order valence-corrected chi connectivity index (χ0v) is 15.3. The number of amides is 1. The van der Waals surface area contributed by atoms with Crippen molar-refractivity contribution in [3.05, 3.63) is 66.2 Å². The Balaban J connectivity index is 1.63. The highest BCUT2D eigenvalue weighted by atomic mass is 16.4. The van der Waals surface area contributed by atoms with Gasteiger partial charge in [-0.2, -0.15) is 0 Å². The fourth-order valence-corrected chi connectivity index (χ4v) is 3.18. The largest absolute Gasteiger partial charge is 0.421 e. The zero-order valence-electron chi connectivity index (χ0n) is 15.3. The number of anilines is 1. The van der Waals surface area contributed by atoms with Gasteiger partial charge in [-0.3, -0.25) is 4.79 Å². The van der Waals surface area contributed by atoms with Crippen LogP contribution in [-0.2, 0) is 17.8 Å². The number of hydrogen-bond acceptors (Lipinski definition) is 4. The fourth-order valence-electron chi connectivity index (χ4n) is 3.18. The normalized spacial score (nSPS) is 11.0. The van der Waals surface area contributed by atoms with Gasteiger partial charge in [-0.15, -0.1) is 10.2 Å². The molecule has 0 bridgehead atoms. The molecule has 0 unspecified atom stereocenters. The summed E-state index contributed by atoms with van der Waals surface area (Å²) in [6, 6.07) is 15.8. The van der Waals surface area contributed by atoms with Crippen LogP contribution in [-0.4, -0.2) is 20.7 Å². The van der Waals surface area contributed by atoms with E-state index in [9.17, 15) is 4.79 Å². The number of rotatable bonds is 5. The molecule has 0 saturated heterocycles. The Morgan fingerprint density at radius 1 is 1.15 bits per heavy atom. The van der Waals surface area contributed by atoms with Crippen LogP contribution in [0.5, 0.6) is 0 Å². The maximum absolute atomic E-state index is 12.6. The highest BCUT2D eigenvalue weighted by molar-refractivity contribution is 5.96. The van der Waals surface area contributed by atoms with Crippen LogP contribution in [0.15, 0.2) is 59.1 Å². The van der Waals surface area contributed by atoms with Crippen molar-refractivity contribution in [2.45, 2.75) is 26.8 Å². The third-order valence-corrected chi connectivity index (χ3v) is 4.48. The van der Waals surface area contributed by atoms with Crippen LogP contribution in [0.25, 0.3) is 22.4 Å².